The van der Waals surface area contributed by atoms with E-state index in [0.717, 1.165) is 11.4 Å². The van der Waals surface area contributed by atoms with Crippen LogP contribution in [0.25, 0.3) is 20.2 Å². The molecule has 0 aliphatic heterocycles. The highest BCUT2D eigenvalue weighted by Crippen LogP contribution is 2.45. The van der Waals surface area contributed by atoms with Gasteiger partial charge in [0, 0.05) is 45.3 Å². The largest absolute Gasteiger partial charge is 0.345 e. The molecule has 0 unspecified atom stereocenters. The summed E-state index contributed by atoms with van der Waals surface area (Å²) >= 11 is 1.86. The van der Waals surface area contributed by atoms with Crippen LogP contribution in [0.2, 0.25) is 0 Å². The van der Waals surface area contributed by atoms with Gasteiger partial charge >= 0.3 is 0 Å². The predicted octanol–water partition coefficient (Wildman–Crippen LogP) is 9.29. The normalized spacial score (nSPS) is 11.1. The standard InChI is InChI=1S/C31H24N2S/c1-32(23-12-5-2-6-13-23)26-20-21-27-28-18-11-19-29(31(28)34-30(27)22-26)33(24-14-7-3-8-15-24)25-16-9-4-10-17-25/h2-22H,1H3. The van der Waals surface area contributed by atoms with Crippen molar-refractivity contribution >= 4 is 59.9 Å². The fraction of sp³-hybridized carbons (Fsp3) is 0.0323. The van der Waals surface area contributed by atoms with E-state index in [2.05, 4.69) is 144 Å². The highest BCUT2D eigenvalue weighted by atomic mass is 32.1. The third-order valence-corrected chi connectivity index (χ3v) is 7.45. The molecular weight excluding hydrogens is 432 g/mol. The van der Waals surface area contributed by atoms with E-state index < -0.39 is 0 Å². The molecule has 3 heteroatoms. The smallest absolute Gasteiger partial charge is 0.0640 e. The van der Waals surface area contributed by atoms with E-state index in [1.54, 1.807) is 0 Å². The van der Waals surface area contributed by atoms with Gasteiger partial charge in [0.2, 0.25) is 0 Å². The van der Waals surface area contributed by atoms with Crippen molar-refractivity contribution in [2.45, 2.75) is 0 Å². The molecule has 0 atom stereocenters. The van der Waals surface area contributed by atoms with Crippen molar-refractivity contribution < 1.29 is 0 Å². The van der Waals surface area contributed by atoms with Crippen LogP contribution >= 0.6 is 11.3 Å². The van der Waals surface area contributed by atoms with E-state index in [9.17, 15) is 0 Å². The summed E-state index contributed by atoms with van der Waals surface area (Å²) < 4.78 is 2.59. The molecule has 0 saturated carbocycles. The summed E-state index contributed by atoms with van der Waals surface area (Å²) in [5, 5.41) is 2.59. The van der Waals surface area contributed by atoms with Gasteiger partial charge in [-0.25, -0.2) is 0 Å². The molecule has 0 fully saturated rings. The third-order valence-electron chi connectivity index (χ3n) is 6.26. The molecule has 1 aromatic heterocycles. The van der Waals surface area contributed by atoms with Crippen molar-refractivity contribution in [2.24, 2.45) is 0 Å². The second kappa shape index (κ2) is 8.69. The average molecular weight is 457 g/mol. The van der Waals surface area contributed by atoms with Crippen LogP contribution in [-0.4, -0.2) is 7.05 Å². The van der Waals surface area contributed by atoms with Crippen molar-refractivity contribution in [3.8, 4) is 0 Å². The Morgan fingerprint density at radius 1 is 0.500 bits per heavy atom. The van der Waals surface area contributed by atoms with Crippen LogP contribution in [0.3, 0.4) is 0 Å². The molecule has 164 valence electrons. The molecule has 0 aliphatic rings. The summed E-state index contributed by atoms with van der Waals surface area (Å²) in [6.07, 6.45) is 0. The molecule has 2 nitrogen and oxygen atoms in total. The summed E-state index contributed by atoms with van der Waals surface area (Å²) in [6, 6.07) is 45.2. The van der Waals surface area contributed by atoms with Crippen LogP contribution in [0.5, 0.6) is 0 Å². The number of rotatable bonds is 5. The molecule has 6 rings (SSSR count). The molecule has 1 heterocycles. The maximum absolute atomic E-state index is 2.36. The first-order valence-electron chi connectivity index (χ1n) is 11.4. The van der Waals surface area contributed by atoms with Gasteiger partial charge in [-0.2, -0.15) is 0 Å². The van der Waals surface area contributed by atoms with Crippen molar-refractivity contribution in [1.29, 1.82) is 0 Å². The summed E-state index contributed by atoms with van der Waals surface area (Å²) in [4.78, 5) is 4.60. The molecule has 6 aromatic rings. The van der Waals surface area contributed by atoms with Crippen molar-refractivity contribution in [2.75, 3.05) is 16.8 Å². The molecule has 5 aromatic carbocycles. The Morgan fingerprint density at radius 2 is 1.09 bits per heavy atom. The minimum Gasteiger partial charge on any atom is -0.345 e. The van der Waals surface area contributed by atoms with Crippen LogP contribution < -0.4 is 9.80 Å². The van der Waals surface area contributed by atoms with Gasteiger partial charge in [0.05, 0.1) is 10.4 Å². The zero-order chi connectivity index (χ0) is 22.9. The Balaban J connectivity index is 1.53. The van der Waals surface area contributed by atoms with Crippen LogP contribution in [0.1, 0.15) is 0 Å². The monoisotopic (exact) mass is 456 g/mol. The molecule has 34 heavy (non-hydrogen) atoms. The summed E-state index contributed by atoms with van der Waals surface area (Å²) in [5.41, 5.74) is 5.89. The van der Waals surface area contributed by atoms with E-state index in [1.807, 2.05) is 11.3 Å². The van der Waals surface area contributed by atoms with E-state index in [1.165, 1.54) is 37.2 Å². The first kappa shape index (κ1) is 20.5. The molecule has 0 aliphatic carbocycles. The Kier molecular flexibility index (Phi) is 5.25. The Hall–Kier alpha value is -4.08. The lowest BCUT2D eigenvalue weighted by molar-refractivity contribution is 1.21. The highest BCUT2D eigenvalue weighted by molar-refractivity contribution is 7.26. The molecule has 0 amide bonds. The Bertz CT molecular complexity index is 1520. The van der Waals surface area contributed by atoms with Crippen molar-refractivity contribution in [3.63, 3.8) is 0 Å². The quantitative estimate of drug-likeness (QED) is 0.255. The molecule has 0 spiro atoms. The number of hydrogen-bond acceptors (Lipinski definition) is 3. The lowest BCUT2D eigenvalue weighted by Crippen LogP contribution is -2.09. The van der Waals surface area contributed by atoms with Crippen LogP contribution in [-0.2, 0) is 0 Å². The number of thiophene rings is 1. The fourth-order valence-electron chi connectivity index (χ4n) is 4.54. The van der Waals surface area contributed by atoms with Gasteiger partial charge in [0.1, 0.15) is 0 Å². The fourth-order valence-corrected chi connectivity index (χ4v) is 5.78. The molecule has 0 N–H and O–H groups in total. The maximum Gasteiger partial charge on any atom is 0.0640 e. The molecular formula is C31H24N2S. The van der Waals surface area contributed by atoms with Crippen molar-refractivity contribution in [1.82, 2.24) is 0 Å². The molecule has 0 saturated heterocycles. The summed E-state index contributed by atoms with van der Waals surface area (Å²) in [7, 11) is 2.13. The molecule has 0 radical (unpaired) electrons. The zero-order valence-corrected chi connectivity index (χ0v) is 19.7. The maximum atomic E-state index is 2.36. The van der Waals surface area contributed by atoms with E-state index >= 15 is 0 Å². The lowest BCUT2D eigenvalue weighted by Gasteiger charge is -2.25. The number of para-hydroxylation sites is 3. The lowest BCUT2D eigenvalue weighted by atomic mass is 10.1. The second-order valence-corrected chi connectivity index (χ2v) is 9.39. The van der Waals surface area contributed by atoms with Gasteiger partial charge in [-0.15, -0.1) is 11.3 Å². The van der Waals surface area contributed by atoms with Gasteiger partial charge in [0.15, 0.2) is 0 Å². The van der Waals surface area contributed by atoms with E-state index in [4.69, 9.17) is 0 Å². The van der Waals surface area contributed by atoms with Crippen molar-refractivity contribution in [3.05, 3.63) is 127 Å². The minimum atomic E-state index is 1.16. The first-order valence-corrected chi connectivity index (χ1v) is 12.3. The van der Waals surface area contributed by atoms with E-state index in [-0.39, 0.29) is 0 Å². The highest BCUT2D eigenvalue weighted by Gasteiger charge is 2.18. The van der Waals surface area contributed by atoms with Gasteiger partial charge in [0.25, 0.3) is 0 Å². The van der Waals surface area contributed by atoms with Gasteiger partial charge in [-0.05, 0) is 54.6 Å². The second-order valence-electron chi connectivity index (χ2n) is 8.34. The number of fused-ring (bicyclic) bond motifs is 3. The Morgan fingerprint density at radius 3 is 1.71 bits per heavy atom. The molecule has 0 bridgehead atoms. The number of nitrogens with zero attached hydrogens (tertiary/aromatic N) is 2. The third kappa shape index (κ3) is 3.60. The van der Waals surface area contributed by atoms with Gasteiger partial charge < -0.3 is 9.80 Å². The van der Waals surface area contributed by atoms with Crippen LogP contribution in [0.15, 0.2) is 127 Å². The SMILES string of the molecule is CN(c1ccccc1)c1ccc2c(c1)sc1c(N(c3ccccc3)c3ccccc3)cccc12. The van der Waals surface area contributed by atoms with Crippen LogP contribution in [0.4, 0.5) is 28.4 Å². The number of anilines is 5. The van der Waals surface area contributed by atoms with Crippen LogP contribution in [0, 0.1) is 0 Å². The summed E-state index contributed by atoms with van der Waals surface area (Å²) in [5.74, 6) is 0. The predicted molar refractivity (Wildman–Crippen MR) is 149 cm³/mol. The average Bonchev–Trinajstić information content (AvgIpc) is 3.29. The minimum absolute atomic E-state index is 1.16. The zero-order valence-electron chi connectivity index (χ0n) is 18.9. The van der Waals surface area contributed by atoms with E-state index in [0.29, 0.717) is 0 Å². The topological polar surface area (TPSA) is 6.48 Å². The summed E-state index contributed by atoms with van der Waals surface area (Å²) in [6.45, 7) is 0. The first-order chi connectivity index (χ1) is 16.8. The Labute approximate surface area is 203 Å². The van der Waals surface area contributed by atoms with Gasteiger partial charge in [-0.3, -0.25) is 0 Å². The van der Waals surface area contributed by atoms with Gasteiger partial charge in [-0.1, -0.05) is 72.8 Å². The number of benzene rings is 5. The number of hydrogen-bond donors (Lipinski definition) is 0.